The number of aliphatic hydroxyl groups excluding tert-OH is 1. The third kappa shape index (κ3) is 3.57. The van der Waals surface area contributed by atoms with Crippen molar-refractivity contribution in [3.05, 3.63) is 48.0 Å². The highest BCUT2D eigenvalue weighted by atomic mass is 16.5. The van der Waals surface area contributed by atoms with Crippen LogP contribution < -0.4 is 9.64 Å². The molecule has 2 heterocycles. The number of ether oxygens (including phenoxy) is 1. The number of fused-ring (bicyclic) bond motifs is 3. The summed E-state index contributed by atoms with van der Waals surface area (Å²) in [6, 6.07) is 14.8. The number of anilines is 1. The molecular formula is C27H34N2O3. The van der Waals surface area contributed by atoms with Crippen LogP contribution in [0.5, 0.6) is 5.75 Å². The smallest absolute Gasteiger partial charge is 0.226 e. The summed E-state index contributed by atoms with van der Waals surface area (Å²) in [4.78, 5) is 18.0. The molecule has 1 N–H and O–H groups in total. The number of likely N-dealkylation sites (tertiary alicyclic amines) is 1. The molecule has 5 rings (SSSR count). The summed E-state index contributed by atoms with van der Waals surface area (Å²) in [5.41, 5.74) is 4.64. The fourth-order valence-electron chi connectivity index (χ4n) is 6.25. The first kappa shape index (κ1) is 21.3. The minimum absolute atomic E-state index is 0.0449. The zero-order chi connectivity index (χ0) is 22.2. The van der Waals surface area contributed by atoms with Crippen molar-refractivity contribution < 1.29 is 14.6 Å². The van der Waals surface area contributed by atoms with Gasteiger partial charge < -0.3 is 19.6 Å². The van der Waals surface area contributed by atoms with Crippen LogP contribution in [0.4, 0.5) is 5.69 Å². The second-order valence-corrected chi connectivity index (χ2v) is 9.63. The molecule has 1 saturated carbocycles. The first-order valence-corrected chi connectivity index (χ1v) is 12.0. The van der Waals surface area contributed by atoms with Gasteiger partial charge in [-0.05, 0) is 60.2 Å². The number of carbonyl (C=O) groups excluding carboxylic acids is 1. The maximum Gasteiger partial charge on any atom is 0.226 e. The van der Waals surface area contributed by atoms with Crippen molar-refractivity contribution in [2.24, 2.45) is 11.8 Å². The van der Waals surface area contributed by atoms with Gasteiger partial charge >= 0.3 is 0 Å². The van der Waals surface area contributed by atoms with Crippen molar-refractivity contribution in [3.8, 4) is 16.9 Å². The Morgan fingerprint density at radius 3 is 2.44 bits per heavy atom. The molecule has 1 aliphatic carbocycles. The van der Waals surface area contributed by atoms with Crippen molar-refractivity contribution >= 4 is 11.6 Å². The second kappa shape index (κ2) is 8.78. The Labute approximate surface area is 191 Å². The van der Waals surface area contributed by atoms with E-state index < -0.39 is 0 Å². The summed E-state index contributed by atoms with van der Waals surface area (Å²) >= 11 is 0. The first-order chi connectivity index (χ1) is 15.6. The van der Waals surface area contributed by atoms with Gasteiger partial charge in [-0.3, -0.25) is 4.79 Å². The van der Waals surface area contributed by atoms with Crippen LogP contribution in [-0.2, 0) is 4.79 Å². The van der Waals surface area contributed by atoms with Crippen LogP contribution in [0.15, 0.2) is 42.5 Å². The number of rotatable bonds is 4. The lowest BCUT2D eigenvalue weighted by Gasteiger charge is -2.45. The van der Waals surface area contributed by atoms with Gasteiger partial charge in [-0.2, -0.15) is 0 Å². The van der Waals surface area contributed by atoms with Crippen molar-refractivity contribution in [3.63, 3.8) is 0 Å². The van der Waals surface area contributed by atoms with E-state index in [0.717, 1.165) is 48.4 Å². The van der Waals surface area contributed by atoms with Crippen molar-refractivity contribution in [1.29, 1.82) is 0 Å². The molecule has 32 heavy (non-hydrogen) atoms. The quantitative estimate of drug-likeness (QED) is 0.762. The molecular weight excluding hydrogens is 400 g/mol. The highest BCUT2D eigenvalue weighted by Gasteiger charge is 2.48. The zero-order valence-electron chi connectivity index (χ0n) is 19.2. The Morgan fingerprint density at radius 1 is 1.03 bits per heavy atom. The fourth-order valence-corrected chi connectivity index (χ4v) is 6.25. The molecule has 2 fully saturated rings. The summed E-state index contributed by atoms with van der Waals surface area (Å²) in [6.45, 7) is 0.907. The highest BCUT2D eigenvalue weighted by molar-refractivity contribution is 5.81. The second-order valence-electron chi connectivity index (χ2n) is 9.63. The molecule has 0 aromatic heterocycles. The van der Waals surface area contributed by atoms with Crippen molar-refractivity contribution in [2.45, 2.75) is 50.6 Å². The molecule has 0 spiro atoms. The van der Waals surface area contributed by atoms with E-state index in [4.69, 9.17) is 4.74 Å². The van der Waals surface area contributed by atoms with Gasteiger partial charge in [0.2, 0.25) is 5.91 Å². The summed E-state index contributed by atoms with van der Waals surface area (Å²) in [7, 11) is 3.76. The fraction of sp³-hybridized carbons (Fsp3) is 0.519. The van der Waals surface area contributed by atoms with Crippen LogP contribution in [0.25, 0.3) is 11.1 Å². The minimum atomic E-state index is 0.0449. The molecule has 2 aromatic rings. The molecule has 5 heteroatoms. The number of aliphatic hydroxyl groups is 1. The SMILES string of the molecule is COc1ccc(-c2ccc3c(c2)[C@@H]2[C@@H](CCN2C(=O)C2CCCCC2)[C@H](CO)N3C)cc1. The first-order valence-electron chi connectivity index (χ1n) is 12.0. The lowest BCUT2D eigenvalue weighted by Crippen LogP contribution is -2.49. The number of hydrogen-bond donors (Lipinski definition) is 1. The number of hydrogen-bond acceptors (Lipinski definition) is 4. The molecule has 1 saturated heterocycles. The van der Waals surface area contributed by atoms with Crippen LogP contribution in [0.3, 0.4) is 0 Å². The van der Waals surface area contributed by atoms with Gasteiger partial charge in [-0.15, -0.1) is 0 Å². The van der Waals surface area contributed by atoms with Crippen LogP contribution in [-0.4, -0.2) is 49.3 Å². The van der Waals surface area contributed by atoms with Gasteiger partial charge in [0.15, 0.2) is 0 Å². The third-order valence-electron chi connectivity index (χ3n) is 8.01. The summed E-state index contributed by atoms with van der Waals surface area (Å²) < 4.78 is 5.31. The average molecular weight is 435 g/mol. The topological polar surface area (TPSA) is 53.0 Å². The van der Waals surface area contributed by atoms with Gasteiger partial charge in [-0.1, -0.05) is 37.5 Å². The van der Waals surface area contributed by atoms with Crippen molar-refractivity contribution in [1.82, 2.24) is 4.90 Å². The van der Waals surface area contributed by atoms with E-state index in [0.29, 0.717) is 5.91 Å². The largest absolute Gasteiger partial charge is 0.497 e. The van der Waals surface area contributed by atoms with E-state index in [1.807, 2.05) is 12.1 Å². The number of nitrogens with zero attached hydrogens (tertiary/aromatic N) is 2. The molecule has 0 radical (unpaired) electrons. The Balaban J connectivity index is 1.54. The van der Waals surface area contributed by atoms with Crippen LogP contribution in [0, 0.1) is 11.8 Å². The van der Waals surface area contributed by atoms with E-state index in [9.17, 15) is 9.90 Å². The van der Waals surface area contributed by atoms with Gasteiger partial charge in [-0.25, -0.2) is 0 Å². The maximum atomic E-state index is 13.6. The monoisotopic (exact) mass is 434 g/mol. The maximum absolute atomic E-state index is 13.6. The Bertz CT molecular complexity index is 967. The molecule has 2 aliphatic heterocycles. The summed E-state index contributed by atoms with van der Waals surface area (Å²) in [5.74, 6) is 1.61. The molecule has 0 unspecified atom stereocenters. The summed E-state index contributed by atoms with van der Waals surface area (Å²) in [6.07, 6.45) is 6.58. The van der Waals surface area contributed by atoms with E-state index in [1.54, 1.807) is 7.11 Å². The lowest BCUT2D eigenvalue weighted by molar-refractivity contribution is -0.138. The van der Waals surface area contributed by atoms with Gasteiger partial charge in [0.1, 0.15) is 5.75 Å². The molecule has 1 amide bonds. The van der Waals surface area contributed by atoms with E-state index >= 15 is 0 Å². The van der Waals surface area contributed by atoms with Crippen LogP contribution in [0.2, 0.25) is 0 Å². The standard InChI is InChI=1S/C27H34N2O3/c1-28-24-13-10-20(18-8-11-21(32-2)12-9-18)16-23(24)26-22(25(28)17-30)14-15-29(26)27(31)19-6-4-3-5-7-19/h8-13,16,19,22,25-26,30H,3-7,14-15,17H2,1-2H3/t22-,25-,26-/m0/s1. The Hall–Kier alpha value is -2.53. The predicted octanol–water partition coefficient (Wildman–Crippen LogP) is 4.64. The number of benzene rings is 2. The minimum Gasteiger partial charge on any atom is -0.497 e. The molecule has 3 aliphatic rings. The Kier molecular flexibility index (Phi) is 5.85. The average Bonchev–Trinajstić information content (AvgIpc) is 3.29. The molecule has 170 valence electrons. The molecule has 2 aromatic carbocycles. The lowest BCUT2D eigenvalue weighted by atomic mass is 9.80. The normalized spacial score (nSPS) is 25.4. The van der Waals surface area contributed by atoms with Crippen LogP contribution in [0.1, 0.15) is 50.1 Å². The predicted molar refractivity (Wildman–Crippen MR) is 127 cm³/mol. The molecule has 3 atom stereocenters. The number of methoxy groups -OCH3 is 1. The van der Waals surface area contributed by atoms with E-state index in [2.05, 4.69) is 47.2 Å². The number of likely N-dealkylation sites (N-methyl/N-ethyl adjacent to an activating group) is 1. The third-order valence-corrected chi connectivity index (χ3v) is 8.01. The summed E-state index contributed by atoms with van der Waals surface area (Å²) in [5, 5.41) is 10.2. The van der Waals surface area contributed by atoms with E-state index in [1.165, 1.54) is 24.8 Å². The Morgan fingerprint density at radius 2 is 1.75 bits per heavy atom. The van der Waals surface area contributed by atoms with Gasteiger partial charge in [0.05, 0.1) is 25.8 Å². The number of amides is 1. The molecule has 5 nitrogen and oxygen atoms in total. The van der Waals surface area contributed by atoms with Crippen molar-refractivity contribution in [2.75, 3.05) is 32.2 Å². The van der Waals surface area contributed by atoms with Gasteiger partial charge in [0, 0.05) is 31.1 Å². The zero-order valence-corrected chi connectivity index (χ0v) is 19.2. The van der Waals surface area contributed by atoms with Gasteiger partial charge in [0.25, 0.3) is 0 Å². The molecule has 0 bridgehead atoms. The highest BCUT2D eigenvalue weighted by Crippen LogP contribution is 2.50. The van der Waals surface area contributed by atoms with Crippen LogP contribution >= 0.6 is 0 Å². The van der Waals surface area contributed by atoms with E-state index in [-0.39, 0.29) is 30.5 Å². The number of carbonyl (C=O) groups is 1.